The lowest BCUT2D eigenvalue weighted by atomic mass is 10.1. The fourth-order valence-corrected chi connectivity index (χ4v) is 3.12. The van der Waals surface area contributed by atoms with Gasteiger partial charge in [0.25, 0.3) is 0 Å². The Morgan fingerprint density at radius 2 is 1.83 bits per heavy atom. The second-order valence-electron chi connectivity index (χ2n) is 4.99. The van der Waals surface area contributed by atoms with Gasteiger partial charge in [-0.25, -0.2) is 9.78 Å². The molecule has 122 valence electrons. The molecule has 0 aliphatic rings. The van der Waals surface area contributed by atoms with Crippen molar-refractivity contribution in [3.63, 3.8) is 0 Å². The van der Waals surface area contributed by atoms with Gasteiger partial charge in [-0.1, -0.05) is 53.8 Å². The molecule has 0 aliphatic carbocycles. The van der Waals surface area contributed by atoms with Crippen LogP contribution in [0.1, 0.15) is 16.1 Å². The molecule has 0 atom stereocenters. The maximum Gasteiger partial charge on any atom is 0.358 e. The number of nitrogens with zero attached hydrogens (tertiary/aromatic N) is 1. The number of nitrogen functional groups attached to an aromatic ring is 1. The summed E-state index contributed by atoms with van der Waals surface area (Å²) in [6.45, 7) is 0.430. The van der Waals surface area contributed by atoms with Gasteiger partial charge >= 0.3 is 5.97 Å². The summed E-state index contributed by atoms with van der Waals surface area (Å²) < 4.78 is 10.7. The smallest absolute Gasteiger partial charge is 0.358 e. The number of thiazole rings is 1. The standard InChI is InChI=1S/C18H16N2O3S/c1-22-17(21)15-16(24-18(19)20-15)13-9-5-6-10-14(13)23-11-12-7-3-2-4-8-12/h2-10H,11H2,1H3,(H2,19,20). The first-order valence-corrected chi connectivity index (χ1v) is 8.11. The van der Waals surface area contributed by atoms with Crippen molar-refractivity contribution in [1.82, 2.24) is 4.98 Å². The van der Waals surface area contributed by atoms with Crippen molar-refractivity contribution in [2.75, 3.05) is 12.8 Å². The molecule has 5 nitrogen and oxygen atoms in total. The number of para-hydroxylation sites is 1. The molecule has 0 fully saturated rings. The zero-order chi connectivity index (χ0) is 16.9. The zero-order valence-electron chi connectivity index (χ0n) is 13.1. The molecule has 24 heavy (non-hydrogen) atoms. The van der Waals surface area contributed by atoms with Crippen LogP contribution in [-0.2, 0) is 11.3 Å². The van der Waals surface area contributed by atoms with Crippen LogP contribution in [0.4, 0.5) is 5.13 Å². The summed E-state index contributed by atoms with van der Waals surface area (Å²) in [6, 6.07) is 17.4. The van der Waals surface area contributed by atoms with E-state index in [9.17, 15) is 4.79 Å². The molecule has 6 heteroatoms. The van der Waals surface area contributed by atoms with E-state index in [-0.39, 0.29) is 5.69 Å². The lowest BCUT2D eigenvalue weighted by Crippen LogP contribution is -2.04. The molecule has 0 bridgehead atoms. The quantitative estimate of drug-likeness (QED) is 0.716. The van der Waals surface area contributed by atoms with E-state index in [1.54, 1.807) is 0 Å². The Morgan fingerprint density at radius 1 is 1.12 bits per heavy atom. The van der Waals surface area contributed by atoms with Gasteiger partial charge in [-0.3, -0.25) is 0 Å². The number of esters is 1. The van der Waals surface area contributed by atoms with Gasteiger partial charge < -0.3 is 15.2 Å². The molecule has 3 aromatic rings. The predicted molar refractivity (Wildman–Crippen MR) is 94.1 cm³/mol. The van der Waals surface area contributed by atoms with Gasteiger partial charge in [0.05, 0.1) is 12.0 Å². The fraction of sp³-hybridized carbons (Fsp3) is 0.111. The topological polar surface area (TPSA) is 74.4 Å². The first kappa shape index (κ1) is 16.0. The normalized spacial score (nSPS) is 10.4. The highest BCUT2D eigenvalue weighted by Crippen LogP contribution is 2.38. The van der Waals surface area contributed by atoms with E-state index >= 15 is 0 Å². The van der Waals surface area contributed by atoms with Crippen LogP contribution < -0.4 is 10.5 Å². The molecule has 2 N–H and O–H groups in total. The van der Waals surface area contributed by atoms with Crippen LogP contribution in [0.15, 0.2) is 54.6 Å². The Bertz CT molecular complexity index is 846. The van der Waals surface area contributed by atoms with E-state index in [0.717, 1.165) is 11.1 Å². The minimum Gasteiger partial charge on any atom is -0.488 e. The number of methoxy groups -OCH3 is 1. The van der Waals surface area contributed by atoms with Gasteiger partial charge in [-0.2, -0.15) is 0 Å². The fourth-order valence-electron chi connectivity index (χ4n) is 2.27. The number of nitrogens with two attached hydrogens (primary N) is 1. The van der Waals surface area contributed by atoms with Crippen LogP contribution in [0.2, 0.25) is 0 Å². The van der Waals surface area contributed by atoms with Crippen molar-refractivity contribution in [3.8, 4) is 16.2 Å². The van der Waals surface area contributed by atoms with Crippen LogP contribution in [-0.4, -0.2) is 18.1 Å². The number of anilines is 1. The predicted octanol–water partition coefficient (Wildman–Crippen LogP) is 3.76. The molecule has 0 spiro atoms. The highest BCUT2D eigenvalue weighted by molar-refractivity contribution is 7.19. The van der Waals surface area contributed by atoms with E-state index in [1.807, 2.05) is 54.6 Å². The molecule has 0 unspecified atom stereocenters. The van der Waals surface area contributed by atoms with Crippen LogP contribution in [0, 0.1) is 0 Å². The summed E-state index contributed by atoms with van der Waals surface area (Å²) in [5, 5.41) is 0.309. The average molecular weight is 340 g/mol. The average Bonchev–Trinajstić information content (AvgIpc) is 3.02. The molecular weight excluding hydrogens is 324 g/mol. The lowest BCUT2D eigenvalue weighted by molar-refractivity contribution is 0.0596. The Morgan fingerprint density at radius 3 is 2.58 bits per heavy atom. The monoisotopic (exact) mass is 340 g/mol. The highest BCUT2D eigenvalue weighted by atomic mass is 32.1. The molecule has 0 saturated carbocycles. The first-order chi connectivity index (χ1) is 11.7. The summed E-state index contributed by atoms with van der Waals surface area (Å²) in [4.78, 5) is 16.7. The van der Waals surface area contributed by atoms with Gasteiger partial charge in [0.15, 0.2) is 10.8 Å². The number of benzene rings is 2. The number of aromatic nitrogens is 1. The molecule has 1 aromatic heterocycles. The van der Waals surface area contributed by atoms with Crippen molar-refractivity contribution < 1.29 is 14.3 Å². The Labute approximate surface area is 143 Å². The second kappa shape index (κ2) is 7.14. The van der Waals surface area contributed by atoms with Gasteiger partial charge in [-0.05, 0) is 17.7 Å². The van der Waals surface area contributed by atoms with Crippen LogP contribution in [0.5, 0.6) is 5.75 Å². The molecule has 3 rings (SSSR count). The molecule has 0 amide bonds. The van der Waals surface area contributed by atoms with Gasteiger partial charge in [0, 0.05) is 5.56 Å². The third kappa shape index (κ3) is 3.38. The highest BCUT2D eigenvalue weighted by Gasteiger charge is 2.21. The number of rotatable bonds is 5. The Kier molecular flexibility index (Phi) is 4.77. The first-order valence-electron chi connectivity index (χ1n) is 7.30. The van der Waals surface area contributed by atoms with Crippen molar-refractivity contribution in [1.29, 1.82) is 0 Å². The summed E-state index contributed by atoms with van der Waals surface area (Å²) in [5.74, 6) is 0.144. The Balaban J connectivity index is 1.94. The number of carbonyl (C=O) groups excluding carboxylic acids is 1. The summed E-state index contributed by atoms with van der Waals surface area (Å²) >= 11 is 1.23. The molecule has 1 heterocycles. The maximum absolute atomic E-state index is 11.9. The van der Waals surface area contributed by atoms with Crippen molar-refractivity contribution >= 4 is 22.4 Å². The van der Waals surface area contributed by atoms with E-state index < -0.39 is 5.97 Å². The molecule has 0 saturated heterocycles. The third-order valence-corrected chi connectivity index (χ3v) is 4.31. The lowest BCUT2D eigenvalue weighted by Gasteiger charge is -2.11. The van der Waals surface area contributed by atoms with Gasteiger partial charge in [0.1, 0.15) is 12.4 Å². The van der Waals surface area contributed by atoms with Crippen molar-refractivity contribution in [3.05, 3.63) is 65.9 Å². The van der Waals surface area contributed by atoms with Crippen molar-refractivity contribution in [2.45, 2.75) is 6.61 Å². The minimum atomic E-state index is -0.518. The van der Waals surface area contributed by atoms with E-state index in [2.05, 4.69) is 4.98 Å². The summed E-state index contributed by atoms with van der Waals surface area (Å²) in [6.07, 6.45) is 0. The summed E-state index contributed by atoms with van der Waals surface area (Å²) in [7, 11) is 1.32. The number of carbonyl (C=O) groups is 1. The van der Waals surface area contributed by atoms with E-state index in [4.69, 9.17) is 15.2 Å². The SMILES string of the molecule is COC(=O)c1nc(N)sc1-c1ccccc1OCc1ccccc1. The number of hydrogen-bond acceptors (Lipinski definition) is 6. The van der Waals surface area contributed by atoms with Crippen LogP contribution in [0.3, 0.4) is 0 Å². The van der Waals surface area contributed by atoms with Crippen LogP contribution in [0.25, 0.3) is 10.4 Å². The second-order valence-corrected chi connectivity index (χ2v) is 6.02. The third-order valence-electron chi connectivity index (χ3n) is 3.39. The molecular formula is C18H16N2O3S. The van der Waals surface area contributed by atoms with Gasteiger partial charge in [0.2, 0.25) is 0 Å². The Hall–Kier alpha value is -2.86. The number of hydrogen-bond donors (Lipinski definition) is 1. The molecule has 2 aromatic carbocycles. The van der Waals surface area contributed by atoms with Crippen molar-refractivity contribution in [2.24, 2.45) is 0 Å². The summed E-state index contributed by atoms with van der Waals surface area (Å²) in [5.41, 5.74) is 7.81. The zero-order valence-corrected chi connectivity index (χ0v) is 13.9. The maximum atomic E-state index is 11.9. The molecule has 0 radical (unpaired) electrons. The minimum absolute atomic E-state index is 0.204. The van der Waals surface area contributed by atoms with Gasteiger partial charge in [-0.15, -0.1) is 0 Å². The van der Waals surface area contributed by atoms with E-state index in [1.165, 1.54) is 18.4 Å². The van der Waals surface area contributed by atoms with E-state index in [0.29, 0.717) is 22.4 Å². The van der Waals surface area contributed by atoms with Crippen LogP contribution >= 0.6 is 11.3 Å². The largest absolute Gasteiger partial charge is 0.488 e. The number of ether oxygens (including phenoxy) is 2. The molecule has 0 aliphatic heterocycles.